The lowest BCUT2D eigenvalue weighted by molar-refractivity contribution is -0.136. The van der Waals surface area contributed by atoms with E-state index < -0.39 is 35.0 Å². The fourth-order valence-electron chi connectivity index (χ4n) is 2.39. The number of hydrogen-bond donors (Lipinski definition) is 2. The summed E-state index contributed by atoms with van der Waals surface area (Å²) >= 11 is 0. The first-order valence-electron chi connectivity index (χ1n) is 7.27. The number of carbonyl (C=O) groups is 2. The summed E-state index contributed by atoms with van der Waals surface area (Å²) in [6.07, 6.45) is 1.14. The molecule has 2 N–H and O–H groups in total. The highest BCUT2D eigenvalue weighted by molar-refractivity contribution is 6.39. The van der Waals surface area contributed by atoms with E-state index in [1.165, 1.54) is 0 Å². The average Bonchev–Trinajstić information content (AvgIpc) is 2.57. The lowest BCUT2D eigenvalue weighted by atomic mass is 10.1. The SMILES string of the molecule is N#CCN1CCC(NC(=O)C(=O)Nc2ccc(F)c(F)c2F)CC1. The lowest BCUT2D eigenvalue weighted by Crippen LogP contribution is -2.47. The van der Waals surface area contributed by atoms with Crippen LogP contribution in [0.2, 0.25) is 0 Å². The highest BCUT2D eigenvalue weighted by Crippen LogP contribution is 2.19. The van der Waals surface area contributed by atoms with Gasteiger partial charge < -0.3 is 10.6 Å². The largest absolute Gasteiger partial charge is 0.345 e. The average molecular weight is 340 g/mol. The van der Waals surface area contributed by atoms with Gasteiger partial charge in [-0.2, -0.15) is 5.26 Å². The minimum absolute atomic E-state index is 0.243. The van der Waals surface area contributed by atoms with E-state index >= 15 is 0 Å². The summed E-state index contributed by atoms with van der Waals surface area (Å²) in [5, 5.41) is 13.0. The molecule has 0 radical (unpaired) electrons. The van der Waals surface area contributed by atoms with Gasteiger partial charge in [0.1, 0.15) is 0 Å². The van der Waals surface area contributed by atoms with Crippen LogP contribution in [0.15, 0.2) is 12.1 Å². The Morgan fingerprint density at radius 1 is 1.17 bits per heavy atom. The molecule has 2 rings (SSSR count). The Bertz CT molecular complexity index is 682. The number of nitrogens with zero attached hydrogens (tertiary/aromatic N) is 2. The summed E-state index contributed by atoms with van der Waals surface area (Å²) in [6.45, 7) is 1.52. The van der Waals surface area contributed by atoms with Crippen LogP contribution in [0.4, 0.5) is 18.9 Å². The lowest BCUT2D eigenvalue weighted by Gasteiger charge is -2.30. The molecule has 6 nitrogen and oxygen atoms in total. The topological polar surface area (TPSA) is 85.2 Å². The summed E-state index contributed by atoms with van der Waals surface area (Å²) in [5.41, 5.74) is -0.613. The maximum Gasteiger partial charge on any atom is 0.313 e. The Kier molecular flexibility index (Phi) is 5.76. The first-order valence-corrected chi connectivity index (χ1v) is 7.27. The molecular weight excluding hydrogens is 325 g/mol. The van der Waals surface area contributed by atoms with E-state index in [9.17, 15) is 22.8 Å². The van der Waals surface area contributed by atoms with E-state index in [1.54, 1.807) is 0 Å². The zero-order chi connectivity index (χ0) is 17.7. The third kappa shape index (κ3) is 4.23. The monoisotopic (exact) mass is 340 g/mol. The molecule has 0 saturated carbocycles. The second-order valence-corrected chi connectivity index (χ2v) is 5.36. The van der Waals surface area contributed by atoms with Gasteiger partial charge in [-0.05, 0) is 25.0 Å². The van der Waals surface area contributed by atoms with E-state index in [-0.39, 0.29) is 6.04 Å². The van der Waals surface area contributed by atoms with Crippen LogP contribution in [0.5, 0.6) is 0 Å². The van der Waals surface area contributed by atoms with Gasteiger partial charge in [0.2, 0.25) is 0 Å². The summed E-state index contributed by atoms with van der Waals surface area (Å²) in [5.74, 6) is -6.84. The maximum absolute atomic E-state index is 13.5. The van der Waals surface area contributed by atoms with Crippen LogP contribution >= 0.6 is 0 Å². The molecule has 0 aliphatic carbocycles. The van der Waals surface area contributed by atoms with Crippen molar-refractivity contribution in [1.82, 2.24) is 10.2 Å². The van der Waals surface area contributed by atoms with Crippen LogP contribution in [0.25, 0.3) is 0 Å². The van der Waals surface area contributed by atoms with Gasteiger partial charge >= 0.3 is 11.8 Å². The fourth-order valence-corrected chi connectivity index (χ4v) is 2.39. The molecule has 0 bridgehead atoms. The van der Waals surface area contributed by atoms with E-state index in [2.05, 4.69) is 5.32 Å². The smallest absolute Gasteiger partial charge is 0.313 e. The molecule has 0 atom stereocenters. The molecule has 0 aromatic heterocycles. The van der Waals surface area contributed by atoms with E-state index in [1.807, 2.05) is 16.3 Å². The second-order valence-electron chi connectivity index (χ2n) is 5.36. The molecule has 9 heteroatoms. The van der Waals surface area contributed by atoms with Gasteiger partial charge in [-0.25, -0.2) is 13.2 Å². The Morgan fingerprint density at radius 2 is 1.83 bits per heavy atom. The second kappa shape index (κ2) is 7.79. The quantitative estimate of drug-likeness (QED) is 0.491. The van der Waals surface area contributed by atoms with Crippen LogP contribution in [0, 0.1) is 28.8 Å². The number of carbonyl (C=O) groups excluding carboxylic acids is 2. The van der Waals surface area contributed by atoms with Crippen molar-refractivity contribution < 1.29 is 22.8 Å². The van der Waals surface area contributed by atoms with Gasteiger partial charge in [0.25, 0.3) is 0 Å². The van der Waals surface area contributed by atoms with Crippen LogP contribution in [0.1, 0.15) is 12.8 Å². The van der Waals surface area contributed by atoms with Crippen molar-refractivity contribution in [1.29, 1.82) is 5.26 Å². The molecule has 0 unspecified atom stereocenters. The molecule has 1 aromatic carbocycles. The summed E-state index contributed by atoms with van der Waals surface area (Å²) in [4.78, 5) is 25.5. The van der Waals surface area contributed by atoms with Gasteiger partial charge in [0, 0.05) is 19.1 Å². The zero-order valence-electron chi connectivity index (χ0n) is 12.6. The summed E-state index contributed by atoms with van der Waals surface area (Å²) < 4.78 is 39.4. The number of nitriles is 1. The molecule has 1 heterocycles. The summed E-state index contributed by atoms with van der Waals surface area (Å²) in [6, 6.07) is 3.27. The fraction of sp³-hybridized carbons (Fsp3) is 0.400. The number of hydrogen-bond acceptors (Lipinski definition) is 4. The van der Waals surface area contributed by atoms with Gasteiger partial charge in [0.15, 0.2) is 17.5 Å². The van der Waals surface area contributed by atoms with Gasteiger partial charge in [-0.3, -0.25) is 14.5 Å². The number of likely N-dealkylation sites (tertiary alicyclic amines) is 1. The Morgan fingerprint density at radius 3 is 2.46 bits per heavy atom. The predicted octanol–water partition coefficient (Wildman–Crippen LogP) is 1.15. The van der Waals surface area contributed by atoms with Crippen molar-refractivity contribution in [3.05, 3.63) is 29.6 Å². The number of halogens is 3. The van der Waals surface area contributed by atoms with Gasteiger partial charge in [-0.1, -0.05) is 0 Å². The van der Waals surface area contributed by atoms with Crippen molar-refractivity contribution >= 4 is 17.5 Å². The third-order valence-corrected chi connectivity index (χ3v) is 3.71. The highest BCUT2D eigenvalue weighted by Gasteiger charge is 2.24. The molecule has 0 spiro atoms. The third-order valence-electron chi connectivity index (χ3n) is 3.71. The van der Waals surface area contributed by atoms with E-state index in [4.69, 9.17) is 5.26 Å². The Balaban J connectivity index is 1.89. The van der Waals surface area contributed by atoms with Crippen LogP contribution in [-0.2, 0) is 9.59 Å². The molecule has 1 fully saturated rings. The Hall–Kier alpha value is -2.60. The van der Waals surface area contributed by atoms with Crippen molar-refractivity contribution in [3.8, 4) is 6.07 Å². The first-order chi connectivity index (χ1) is 11.4. The van der Waals surface area contributed by atoms with Gasteiger partial charge in [-0.15, -0.1) is 0 Å². The first kappa shape index (κ1) is 17.7. The van der Waals surface area contributed by atoms with Crippen molar-refractivity contribution in [2.45, 2.75) is 18.9 Å². The number of rotatable bonds is 3. The Labute approximate surface area is 136 Å². The van der Waals surface area contributed by atoms with Crippen molar-refractivity contribution in [2.75, 3.05) is 25.0 Å². The maximum atomic E-state index is 13.5. The van der Waals surface area contributed by atoms with Crippen LogP contribution in [0.3, 0.4) is 0 Å². The number of nitrogens with one attached hydrogen (secondary N) is 2. The molecule has 1 aliphatic rings. The number of piperidine rings is 1. The molecule has 128 valence electrons. The molecule has 24 heavy (non-hydrogen) atoms. The van der Waals surface area contributed by atoms with Crippen LogP contribution in [-0.4, -0.2) is 42.4 Å². The van der Waals surface area contributed by atoms with Gasteiger partial charge in [0.05, 0.1) is 18.3 Å². The van der Waals surface area contributed by atoms with Crippen molar-refractivity contribution in [3.63, 3.8) is 0 Å². The minimum Gasteiger partial charge on any atom is -0.345 e. The standard InChI is InChI=1S/C15H15F3N4O2/c16-10-1-2-11(13(18)12(10)17)21-15(24)14(23)20-9-3-6-22(7-4-9)8-5-19/h1-2,9H,3-4,6-8H2,(H,20,23)(H,21,24). The number of anilines is 1. The normalized spacial score (nSPS) is 15.6. The van der Waals surface area contributed by atoms with E-state index in [0.717, 1.165) is 6.07 Å². The van der Waals surface area contributed by atoms with Crippen LogP contribution < -0.4 is 10.6 Å². The predicted molar refractivity (Wildman–Crippen MR) is 78.2 cm³/mol. The molecule has 2 amide bonds. The minimum atomic E-state index is -1.72. The molecule has 1 aromatic rings. The molecular formula is C15H15F3N4O2. The highest BCUT2D eigenvalue weighted by atomic mass is 19.2. The molecule has 1 aliphatic heterocycles. The number of amides is 2. The number of benzene rings is 1. The summed E-state index contributed by atoms with van der Waals surface area (Å²) in [7, 11) is 0. The van der Waals surface area contributed by atoms with E-state index in [0.29, 0.717) is 38.5 Å². The zero-order valence-corrected chi connectivity index (χ0v) is 12.6. The molecule has 1 saturated heterocycles. The van der Waals surface area contributed by atoms with Crippen molar-refractivity contribution in [2.24, 2.45) is 0 Å².